The maximum absolute atomic E-state index is 5.46. The summed E-state index contributed by atoms with van der Waals surface area (Å²) >= 11 is 0. The molecule has 0 radical (unpaired) electrons. The van der Waals surface area contributed by atoms with Gasteiger partial charge in [0.05, 0.1) is 21.3 Å². The molecule has 0 spiro atoms. The molecule has 0 aromatic heterocycles. The molecule has 0 unspecified atom stereocenters. The van der Waals surface area contributed by atoms with Gasteiger partial charge in [-0.15, -0.1) is 0 Å². The van der Waals surface area contributed by atoms with Crippen LogP contribution in [0.15, 0.2) is 12.1 Å². The topological polar surface area (TPSA) is 65.7 Å². The largest absolute Gasteiger partial charge is 0.496 e. The first-order chi connectivity index (χ1) is 8.26. The van der Waals surface area contributed by atoms with Crippen LogP contribution in [-0.2, 0) is 0 Å². The lowest BCUT2D eigenvalue weighted by atomic mass is 10.2. The highest BCUT2D eigenvalue weighted by Crippen LogP contribution is 2.38. The lowest BCUT2D eigenvalue weighted by molar-refractivity contribution is 0.377. The Hall–Kier alpha value is -1.62. The molecule has 1 aromatic rings. The van der Waals surface area contributed by atoms with Crippen molar-refractivity contribution in [2.75, 3.05) is 39.7 Å². The molecule has 17 heavy (non-hydrogen) atoms. The molecule has 5 heteroatoms. The SMILES string of the molecule is COc1cc(OC)c(NCCCN)c(OC)c1. The number of methoxy groups -OCH3 is 3. The summed E-state index contributed by atoms with van der Waals surface area (Å²) in [5.74, 6) is 2.08. The van der Waals surface area contributed by atoms with Gasteiger partial charge in [-0.3, -0.25) is 0 Å². The summed E-state index contributed by atoms with van der Waals surface area (Å²) in [4.78, 5) is 0. The van der Waals surface area contributed by atoms with Gasteiger partial charge in [0.25, 0.3) is 0 Å². The van der Waals surface area contributed by atoms with Crippen LogP contribution in [0.4, 0.5) is 5.69 Å². The first-order valence-electron chi connectivity index (χ1n) is 5.50. The van der Waals surface area contributed by atoms with E-state index in [1.165, 1.54) is 0 Å². The number of anilines is 1. The van der Waals surface area contributed by atoms with Crippen LogP contribution in [0.3, 0.4) is 0 Å². The van der Waals surface area contributed by atoms with Gasteiger partial charge >= 0.3 is 0 Å². The molecular formula is C12H20N2O3. The minimum absolute atomic E-state index is 0.647. The van der Waals surface area contributed by atoms with Gasteiger partial charge in [-0.25, -0.2) is 0 Å². The minimum Gasteiger partial charge on any atom is -0.496 e. The van der Waals surface area contributed by atoms with Crippen LogP contribution in [0.25, 0.3) is 0 Å². The third-order valence-electron chi connectivity index (χ3n) is 2.40. The van der Waals surface area contributed by atoms with Crippen molar-refractivity contribution in [2.45, 2.75) is 6.42 Å². The van der Waals surface area contributed by atoms with Gasteiger partial charge in [0.15, 0.2) is 0 Å². The van der Waals surface area contributed by atoms with Crippen molar-refractivity contribution in [3.05, 3.63) is 12.1 Å². The summed E-state index contributed by atoms with van der Waals surface area (Å²) in [6, 6.07) is 3.63. The van der Waals surface area contributed by atoms with Gasteiger partial charge in [0, 0.05) is 18.7 Å². The van der Waals surface area contributed by atoms with Crippen LogP contribution in [0.5, 0.6) is 17.2 Å². The lowest BCUT2D eigenvalue weighted by Gasteiger charge is -2.16. The molecule has 1 aromatic carbocycles. The first kappa shape index (κ1) is 13.4. The predicted octanol–water partition coefficient (Wildman–Crippen LogP) is 1.47. The monoisotopic (exact) mass is 240 g/mol. The van der Waals surface area contributed by atoms with E-state index in [0.717, 1.165) is 18.7 Å². The Bertz CT molecular complexity index is 331. The molecule has 0 bridgehead atoms. The molecule has 0 aliphatic heterocycles. The van der Waals surface area contributed by atoms with Gasteiger partial charge in [0.2, 0.25) is 0 Å². The second-order valence-corrected chi connectivity index (χ2v) is 3.48. The van der Waals surface area contributed by atoms with E-state index in [4.69, 9.17) is 19.9 Å². The third kappa shape index (κ3) is 3.42. The summed E-state index contributed by atoms with van der Waals surface area (Å²) in [5.41, 5.74) is 6.28. The van der Waals surface area contributed by atoms with Crippen LogP contribution in [0.1, 0.15) is 6.42 Å². The summed E-state index contributed by atoms with van der Waals surface area (Å²) < 4.78 is 15.8. The fraction of sp³-hybridized carbons (Fsp3) is 0.500. The zero-order valence-electron chi connectivity index (χ0n) is 10.6. The molecule has 0 amide bonds. The number of ether oxygens (including phenoxy) is 3. The Morgan fingerprint density at radius 3 is 2.06 bits per heavy atom. The van der Waals surface area contributed by atoms with Crippen LogP contribution in [-0.4, -0.2) is 34.4 Å². The highest BCUT2D eigenvalue weighted by Gasteiger charge is 2.12. The zero-order chi connectivity index (χ0) is 12.7. The summed E-state index contributed by atoms with van der Waals surface area (Å²) in [7, 11) is 4.83. The molecule has 0 saturated heterocycles. The van der Waals surface area contributed by atoms with Gasteiger partial charge in [0.1, 0.15) is 22.9 Å². The van der Waals surface area contributed by atoms with Crippen molar-refractivity contribution in [3.63, 3.8) is 0 Å². The number of benzene rings is 1. The predicted molar refractivity (Wildman–Crippen MR) is 68.3 cm³/mol. The summed E-state index contributed by atoms with van der Waals surface area (Å²) in [5, 5.41) is 3.25. The number of hydrogen-bond donors (Lipinski definition) is 2. The van der Waals surface area contributed by atoms with E-state index in [9.17, 15) is 0 Å². The van der Waals surface area contributed by atoms with Crippen molar-refractivity contribution in [1.29, 1.82) is 0 Å². The van der Waals surface area contributed by atoms with Crippen LogP contribution < -0.4 is 25.3 Å². The Morgan fingerprint density at radius 1 is 1.06 bits per heavy atom. The van der Waals surface area contributed by atoms with E-state index in [0.29, 0.717) is 23.8 Å². The average Bonchev–Trinajstić information content (AvgIpc) is 2.38. The molecule has 5 nitrogen and oxygen atoms in total. The highest BCUT2D eigenvalue weighted by molar-refractivity contribution is 5.68. The van der Waals surface area contributed by atoms with Crippen LogP contribution in [0.2, 0.25) is 0 Å². The van der Waals surface area contributed by atoms with Crippen molar-refractivity contribution in [1.82, 2.24) is 0 Å². The average molecular weight is 240 g/mol. The standard InChI is InChI=1S/C12H20N2O3/c1-15-9-7-10(16-2)12(11(8-9)17-3)14-6-4-5-13/h7-8,14H,4-6,13H2,1-3H3. The Kier molecular flexibility index (Phi) is 5.42. The van der Waals surface area contributed by atoms with E-state index in [-0.39, 0.29) is 0 Å². The van der Waals surface area contributed by atoms with Gasteiger partial charge in [-0.05, 0) is 13.0 Å². The zero-order valence-corrected chi connectivity index (χ0v) is 10.6. The maximum Gasteiger partial charge on any atom is 0.149 e. The van der Waals surface area contributed by atoms with Crippen molar-refractivity contribution in [3.8, 4) is 17.2 Å². The molecule has 96 valence electrons. The molecule has 0 fully saturated rings. The second kappa shape index (κ2) is 6.85. The van der Waals surface area contributed by atoms with Crippen molar-refractivity contribution in [2.24, 2.45) is 5.73 Å². The fourth-order valence-electron chi connectivity index (χ4n) is 1.50. The molecular weight excluding hydrogens is 220 g/mol. The molecule has 0 atom stereocenters. The van der Waals surface area contributed by atoms with Crippen LogP contribution in [0, 0.1) is 0 Å². The molecule has 0 heterocycles. The highest BCUT2D eigenvalue weighted by atomic mass is 16.5. The number of hydrogen-bond acceptors (Lipinski definition) is 5. The smallest absolute Gasteiger partial charge is 0.149 e. The number of nitrogens with one attached hydrogen (secondary N) is 1. The molecule has 1 rings (SSSR count). The quantitative estimate of drug-likeness (QED) is 0.707. The third-order valence-corrected chi connectivity index (χ3v) is 2.40. The second-order valence-electron chi connectivity index (χ2n) is 3.48. The molecule has 0 saturated carbocycles. The van der Waals surface area contributed by atoms with Crippen molar-refractivity contribution < 1.29 is 14.2 Å². The Balaban J connectivity index is 2.98. The van der Waals surface area contributed by atoms with E-state index in [2.05, 4.69) is 5.32 Å². The van der Waals surface area contributed by atoms with E-state index >= 15 is 0 Å². The van der Waals surface area contributed by atoms with E-state index < -0.39 is 0 Å². The van der Waals surface area contributed by atoms with E-state index in [1.54, 1.807) is 21.3 Å². The molecule has 0 aliphatic rings. The summed E-state index contributed by atoms with van der Waals surface area (Å²) in [6.45, 7) is 1.42. The van der Waals surface area contributed by atoms with E-state index in [1.807, 2.05) is 12.1 Å². The van der Waals surface area contributed by atoms with Gasteiger partial charge in [-0.2, -0.15) is 0 Å². The van der Waals surface area contributed by atoms with Gasteiger partial charge < -0.3 is 25.3 Å². The van der Waals surface area contributed by atoms with Crippen LogP contribution >= 0.6 is 0 Å². The Labute approximate surface area is 102 Å². The minimum atomic E-state index is 0.647. The molecule has 3 N–H and O–H groups in total. The summed E-state index contributed by atoms with van der Waals surface area (Å²) in [6.07, 6.45) is 0.887. The first-order valence-corrected chi connectivity index (χ1v) is 5.50. The number of rotatable bonds is 7. The number of nitrogens with two attached hydrogens (primary N) is 1. The van der Waals surface area contributed by atoms with Gasteiger partial charge in [-0.1, -0.05) is 0 Å². The normalized spacial score (nSPS) is 9.88. The molecule has 0 aliphatic carbocycles. The Morgan fingerprint density at radius 2 is 1.65 bits per heavy atom. The van der Waals surface area contributed by atoms with Crippen molar-refractivity contribution >= 4 is 5.69 Å². The maximum atomic E-state index is 5.46. The fourth-order valence-corrected chi connectivity index (χ4v) is 1.50. The lowest BCUT2D eigenvalue weighted by Crippen LogP contribution is -2.10.